The molecule has 4 aromatic rings. The number of carboxylic acid groups (broad SMARTS) is 1. The SMILES string of the molecule is Cc1cc(SCc2cccc3cnn(-c4ccc(C(F)(F)F)cc4)c23)ccc1CCC(=O)O. The van der Waals surface area contributed by atoms with Crippen molar-refractivity contribution >= 4 is 28.6 Å². The molecule has 8 heteroatoms. The maximum Gasteiger partial charge on any atom is 0.416 e. The minimum atomic E-state index is -4.38. The minimum absolute atomic E-state index is 0.100. The van der Waals surface area contributed by atoms with Gasteiger partial charge in [0, 0.05) is 22.5 Å². The van der Waals surface area contributed by atoms with Crippen molar-refractivity contribution in [2.75, 3.05) is 0 Å². The number of carboxylic acids is 1. The lowest BCUT2D eigenvalue weighted by molar-refractivity contribution is -0.138. The number of thioether (sulfide) groups is 1. The van der Waals surface area contributed by atoms with Crippen LogP contribution in [0.1, 0.15) is 28.7 Å². The fraction of sp³-hybridized carbons (Fsp3) is 0.200. The first kappa shape index (κ1) is 22.9. The summed E-state index contributed by atoms with van der Waals surface area (Å²) >= 11 is 1.64. The van der Waals surface area contributed by atoms with Crippen molar-refractivity contribution in [1.29, 1.82) is 0 Å². The highest BCUT2D eigenvalue weighted by Crippen LogP contribution is 2.32. The van der Waals surface area contributed by atoms with Crippen LogP contribution in [-0.4, -0.2) is 20.9 Å². The van der Waals surface area contributed by atoms with Crippen LogP contribution in [0.2, 0.25) is 0 Å². The Hall–Kier alpha value is -3.26. The molecule has 1 heterocycles. The Balaban J connectivity index is 1.57. The van der Waals surface area contributed by atoms with E-state index in [0.29, 0.717) is 17.9 Å². The number of para-hydroxylation sites is 1. The highest BCUT2D eigenvalue weighted by Gasteiger charge is 2.30. The molecule has 1 N–H and O–H groups in total. The van der Waals surface area contributed by atoms with E-state index in [1.165, 1.54) is 12.1 Å². The number of nitrogens with zero attached hydrogens (tertiary/aromatic N) is 2. The topological polar surface area (TPSA) is 55.1 Å². The van der Waals surface area contributed by atoms with Crippen molar-refractivity contribution in [3.63, 3.8) is 0 Å². The summed E-state index contributed by atoms with van der Waals surface area (Å²) in [4.78, 5) is 11.9. The van der Waals surface area contributed by atoms with E-state index < -0.39 is 17.7 Å². The molecule has 0 aliphatic carbocycles. The van der Waals surface area contributed by atoms with Gasteiger partial charge in [-0.2, -0.15) is 18.3 Å². The number of hydrogen-bond donors (Lipinski definition) is 1. The molecule has 1 aromatic heterocycles. The molecule has 33 heavy (non-hydrogen) atoms. The van der Waals surface area contributed by atoms with Crippen molar-refractivity contribution in [2.24, 2.45) is 0 Å². The fourth-order valence-electron chi connectivity index (χ4n) is 3.70. The van der Waals surface area contributed by atoms with Gasteiger partial charge in [0.05, 0.1) is 23.0 Å². The molecule has 0 atom stereocenters. The first-order chi connectivity index (χ1) is 15.7. The molecule has 0 aliphatic heterocycles. The van der Waals surface area contributed by atoms with Crippen molar-refractivity contribution in [3.05, 3.63) is 89.1 Å². The van der Waals surface area contributed by atoms with Crippen molar-refractivity contribution in [3.8, 4) is 5.69 Å². The number of aromatic nitrogens is 2. The molecule has 0 radical (unpaired) electrons. The van der Waals surface area contributed by atoms with Gasteiger partial charge in [0.25, 0.3) is 0 Å². The molecule has 0 spiro atoms. The van der Waals surface area contributed by atoms with E-state index in [1.54, 1.807) is 22.6 Å². The maximum absolute atomic E-state index is 12.9. The minimum Gasteiger partial charge on any atom is -0.481 e. The number of aliphatic carboxylic acids is 1. The van der Waals surface area contributed by atoms with Crippen molar-refractivity contribution in [1.82, 2.24) is 9.78 Å². The Morgan fingerprint density at radius 2 is 1.82 bits per heavy atom. The third kappa shape index (κ3) is 5.22. The van der Waals surface area contributed by atoms with Gasteiger partial charge in [-0.05, 0) is 66.4 Å². The Bertz CT molecular complexity index is 1300. The lowest BCUT2D eigenvalue weighted by Crippen LogP contribution is -2.05. The Morgan fingerprint density at radius 1 is 1.06 bits per heavy atom. The lowest BCUT2D eigenvalue weighted by Gasteiger charge is -2.11. The summed E-state index contributed by atoms with van der Waals surface area (Å²) in [5.41, 5.74) is 3.82. The van der Waals surface area contributed by atoms with Gasteiger partial charge >= 0.3 is 12.1 Å². The van der Waals surface area contributed by atoms with Gasteiger partial charge < -0.3 is 5.11 Å². The molecule has 3 aromatic carbocycles. The van der Waals surface area contributed by atoms with Crippen LogP contribution < -0.4 is 0 Å². The van der Waals surface area contributed by atoms with Crippen LogP contribution in [-0.2, 0) is 23.1 Å². The number of aryl methyl sites for hydroxylation is 2. The molecular formula is C25H21F3N2O2S. The van der Waals surface area contributed by atoms with Crippen LogP contribution in [0.4, 0.5) is 13.2 Å². The number of carbonyl (C=O) groups is 1. The smallest absolute Gasteiger partial charge is 0.416 e. The summed E-state index contributed by atoms with van der Waals surface area (Å²) in [5.74, 6) is -0.164. The first-order valence-electron chi connectivity index (χ1n) is 10.3. The van der Waals surface area contributed by atoms with Crippen LogP contribution in [0.25, 0.3) is 16.6 Å². The molecule has 0 unspecified atom stereocenters. The molecule has 0 fully saturated rings. The normalized spacial score (nSPS) is 11.8. The van der Waals surface area contributed by atoms with Crippen molar-refractivity contribution in [2.45, 2.75) is 36.6 Å². The summed E-state index contributed by atoms with van der Waals surface area (Å²) in [7, 11) is 0. The van der Waals surface area contributed by atoms with Gasteiger partial charge in [0.1, 0.15) is 0 Å². The van der Waals surface area contributed by atoms with E-state index in [-0.39, 0.29) is 6.42 Å². The van der Waals surface area contributed by atoms with E-state index in [2.05, 4.69) is 11.2 Å². The van der Waals surface area contributed by atoms with Crippen LogP contribution in [0.3, 0.4) is 0 Å². The summed E-state index contributed by atoms with van der Waals surface area (Å²) in [5, 5.41) is 14.2. The van der Waals surface area contributed by atoms with Crippen LogP contribution >= 0.6 is 11.8 Å². The van der Waals surface area contributed by atoms with Gasteiger partial charge in [0.2, 0.25) is 0 Å². The van der Waals surface area contributed by atoms with E-state index in [4.69, 9.17) is 5.11 Å². The molecule has 0 saturated carbocycles. The van der Waals surface area contributed by atoms with E-state index in [9.17, 15) is 18.0 Å². The van der Waals surface area contributed by atoms with Crippen LogP contribution in [0.5, 0.6) is 0 Å². The van der Waals surface area contributed by atoms with Crippen LogP contribution in [0, 0.1) is 6.92 Å². The zero-order valence-electron chi connectivity index (χ0n) is 17.8. The lowest BCUT2D eigenvalue weighted by atomic mass is 10.0. The quantitative estimate of drug-likeness (QED) is 0.307. The van der Waals surface area contributed by atoms with Crippen LogP contribution in [0.15, 0.2) is 71.8 Å². The molecule has 170 valence electrons. The molecule has 0 bridgehead atoms. The zero-order valence-corrected chi connectivity index (χ0v) is 18.6. The monoisotopic (exact) mass is 470 g/mol. The molecule has 0 saturated heterocycles. The second-order valence-corrected chi connectivity index (χ2v) is 8.78. The Morgan fingerprint density at radius 3 is 2.48 bits per heavy atom. The second-order valence-electron chi connectivity index (χ2n) is 7.73. The van der Waals surface area contributed by atoms with Gasteiger partial charge in [-0.15, -0.1) is 11.8 Å². The van der Waals surface area contributed by atoms with Gasteiger partial charge in [0.15, 0.2) is 0 Å². The highest BCUT2D eigenvalue weighted by molar-refractivity contribution is 7.98. The summed E-state index contributed by atoms with van der Waals surface area (Å²) in [6.07, 6.45) is -2.07. The summed E-state index contributed by atoms with van der Waals surface area (Å²) < 4.78 is 40.4. The third-order valence-electron chi connectivity index (χ3n) is 5.43. The molecule has 4 nitrogen and oxygen atoms in total. The van der Waals surface area contributed by atoms with Gasteiger partial charge in [-0.25, -0.2) is 4.68 Å². The van der Waals surface area contributed by atoms with Gasteiger partial charge in [-0.3, -0.25) is 4.79 Å². The largest absolute Gasteiger partial charge is 0.481 e. The average Bonchev–Trinajstić information content (AvgIpc) is 3.21. The standard InChI is InChI=1S/C25H21F3N2O2S/c1-16-13-22(11-5-17(16)6-12-23(31)32)33-15-19-4-2-3-18-14-29-30(24(18)19)21-9-7-20(8-10-21)25(26,27)28/h2-5,7-11,13-14H,6,12,15H2,1H3,(H,31,32). The number of alkyl halides is 3. The molecule has 0 amide bonds. The third-order valence-corrected chi connectivity index (χ3v) is 6.47. The Kier molecular flexibility index (Phi) is 6.47. The molecular weight excluding hydrogens is 449 g/mol. The van der Waals surface area contributed by atoms with E-state index >= 15 is 0 Å². The number of halogens is 3. The number of hydrogen-bond acceptors (Lipinski definition) is 3. The van der Waals surface area contributed by atoms with E-state index in [0.717, 1.165) is 44.6 Å². The number of rotatable bonds is 7. The highest BCUT2D eigenvalue weighted by atomic mass is 32.2. The fourth-order valence-corrected chi connectivity index (χ4v) is 4.68. The van der Waals surface area contributed by atoms with E-state index in [1.807, 2.05) is 37.3 Å². The van der Waals surface area contributed by atoms with Crippen molar-refractivity contribution < 1.29 is 23.1 Å². The Labute approximate surface area is 193 Å². The summed E-state index contributed by atoms with van der Waals surface area (Å²) in [6, 6.07) is 16.9. The molecule has 0 aliphatic rings. The van der Waals surface area contributed by atoms with Gasteiger partial charge in [-0.1, -0.05) is 24.3 Å². The predicted molar refractivity (Wildman–Crippen MR) is 123 cm³/mol. The average molecular weight is 471 g/mol. The first-order valence-corrected chi connectivity index (χ1v) is 11.3. The zero-order chi connectivity index (χ0) is 23.6. The second kappa shape index (κ2) is 9.31. The maximum atomic E-state index is 12.9. The summed E-state index contributed by atoms with van der Waals surface area (Å²) in [6.45, 7) is 1.97. The number of fused-ring (bicyclic) bond motifs is 1. The number of benzene rings is 3. The molecule has 4 rings (SSSR count). The predicted octanol–water partition coefficient (Wildman–Crippen LogP) is 6.66.